The highest BCUT2D eigenvalue weighted by molar-refractivity contribution is 9.10. The van der Waals surface area contributed by atoms with Gasteiger partial charge < -0.3 is 5.11 Å². The number of hydrogen-bond acceptors (Lipinski definition) is 3. The second-order valence-electron chi connectivity index (χ2n) is 4.68. The van der Waals surface area contributed by atoms with E-state index in [4.69, 9.17) is 0 Å². The quantitative estimate of drug-likeness (QED) is 0.899. The molecule has 1 aromatic carbocycles. The maximum Gasteiger partial charge on any atom is 0.243 e. The highest BCUT2D eigenvalue weighted by atomic mass is 79.9. The number of nitrogens with zero attached hydrogens (tertiary/aromatic N) is 1. The number of hydrogen-bond donors (Lipinski definition) is 1. The summed E-state index contributed by atoms with van der Waals surface area (Å²) >= 11 is 3.27. The van der Waals surface area contributed by atoms with E-state index < -0.39 is 15.6 Å². The van der Waals surface area contributed by atoms with Gasteiger partial charge in [0.25, 0.3) is 0 Å². The van der Waals surface area contributed by atoms with Crippen molar-refractivity contribution in [3.05, 3.63) is 28.2 Å². The van der Waals surface area contributed by atoms with Gasteiger partial charge >= 0.3 is 0 Å². The largest absolute Gasteiger partial charge is 0.387 e. The average Bonchev–Trinajstić information content (AvgIpc) is 2.18. The van der Waals surface area contributed by atoms with Crippen LogP contribution in [-0.2, 0) is 10.0 Å². The molecular weight excluding hydrogens is 306 g/mol. The molecular formula is C11H14BrNO3S. The highest BCUT2D eigenvalue weighted by Gasteiger charge is 2.44. The summed E-state index contributed by atoms with van der Waals surface area (Å²) in [5, 5.41) is 9.60. The fourth-order valence-corrected chi connectivity index (χ4v) is 4.31. The molecule has 0 saturated carbocycles. The molecule has 0 bridgehead atoms. The van der Waals surface area contributed by atoms with Gasteiger partial charge in [-0.25, -0.2) is 8.42 Å². The molecule has 0 radical (unpaired) electrons. The van der Waals surface area contributed by atoms with E-state index in [-0.39, 0.29) is 13.1 Å². The SMILES string of the molecule is Cc1ccc(Br)cc1S(=O)(=O)N1CC(C)(O)C1. The third-order valence-electron chi connectivity index (χ3n) is 2.80. The van der Waals surface area contributed by atoms with Gasteiger partial charge in [0, 0.05) is 17.6 Å². The molecule has 1 saturated heterocycles. The van der Waals surface area contributed by atoms with Crippen molar-refractivity contribution in [2.24, 2.45) is 0 Å². The van der Waals surface area contributed by atoms with Crippen LogP contribution in [0.2, 0.25) is 0 Å². The number of rotatable bonds is 2. The minimum atomic E-state index is -3.48. The van der Waals surface area contributed by atoms with Gasteiger partial charge in [0.2, 0.25) is 10.0 Å². The van der Waals surface area contributed by atoms with Crippen LogP contribution in [0.5, 0.6) is 0 Å². The summed E-state index contributed by atoms with van der Waals surface area (Å²) in [6, 6.07) is 5.16. The van der Waals surface area contributed by atoms with Gasteiger partial charge in [-0.05, 0) is 31.5 Å². The zero-order valence-corrected chi connectivity index (χ0v) is 12.0. The Labute approximate surface area is 109 Å². The molecule has 0 amide bonds. The number of aliphatic hydroxyl groups is 1. The van der Waals surface area contributed by atoms with Crippen molar-refractivity contribution in [2.45, 2.75) is 24.3 Å². The zero-order chi connectivity index (χ0) is 12.8. The predicted octanol–water partition coefficient (Wildman–Crippen LogP) is 1.51. The van der Waals surface area contributed by atoms with Crippen molar-refractivity contribution < 1.29 is 13.5 Å². The summed E-state index contributed by atoms with van der Waals surface area (Å²) in [6.45, 7) is 3.70. The van der Waals surface area contributed by atoms with Crippen LogP contribution in [0.25, 0.3) is 0 Å². The molecule has 0 spiro atoms. The number of benzene rings is 1. The summed E-state index contributed by atoms with van der Waals surface area (Å²) in [5.74, 6) is 0. The zero-order valence-electron chi connectivity index (χ0n) is 9.64. The van der Waals surface area contributed by atoms with E-state index in [2.05, 4.69) is 15.9 Å². The molecule has 94 valence electrons. The Balaban J connectivity index is 2.36. The molecule has 1 aromatic rings. The fraction of sp³-hybridized carbons (Fsp3) is 0.455. The Morgan fingerprint density at radius 3 is 2.53 bits per heavy atom. The molecule has 1 aliphatic heterocycles. The first-order valence-electron chi connectivity index (χ1n) is 5.21. The second kappa shape index (κ2) is 4.05. The lowest BCUT2D eigenvalue weighted by Crippen LogP contribution is -2.61. The van der Waals surface area contributed by atoms with E-state index in [1.54, 1.807) is 32.0 Å². The Bertz CT molecular complexity index is 546. The van der Waals surface area contributed by atoms with Gasteiger partial charge in [-0.3, -0.25) is 0 Å². The maximum absolute atomic E-state index is 12.3. The second-order valence-corrected chi connectivity index (χ2v) is 7.50. The standard InChI is InChI=1S/C11H14BrNO3S/c1-8-3-4-9(12)5-10(8)17(15,16)13-6-11(2,14)7-13/h3-5,14H,6-7H2,1-2H3. The average molecular weight is 320 g/mol. The highest BCUT2D eigenvalue weighted by Crippen LogP contribution is 2.30. The normalized spacial score (nSPS) is 20.0. The third kappa shape index (κ3) is 2.40. The van der Waals surface area contributed by atoms with Crippen molar-refractivity contribution in [3.8, 4) is 0 Å². The topological polar surface area (TPSA) is 57.6 Å². The van der Waals surface area contributed by atoms with Gasteiger partial charge in [-0.15, -0.1) is 0 Å². The van der Waals surface area contributed by atoms with Crippen molar-refractivity contribution in [1.82, 2.24) is 4.31 Å². The van der Waals surface area contributed by atoms with E-state index in [1.165, 1.54) is 4.31 Å². The van der Waals surface area contributed by atoms with Crippen LogP contribution >= 0.6 is 15.9 Å². The van der Waals surface area contributed by atoms with Crippen LogP contribution in [-0.4, -0.2) is 36.5 Å². The molecule has 0 aromatic heterocycles. The first-order valence-corrected chi connectivity index (χ1v) is 7.44. The van der Waals surface area contributed by atoms with Crippen LogP contribution in [0.3, 0.4) is 0 Å². The first kappa shape index (κ1) is 13.0. The lowest BCUT2D eigenvalue weighted by Gasteiger charge is -2.43. The van der Waals surface area contributed by atoms with Gasteiger partial charge in [0.1, 0.15) is 0 Å². The number of β-amino-alcohol motifs (C(OH)–C–C–N with tert-alkyl or cyclic N) is 1. The van der Waals surface area contributed by atoms with Crippen LogP contribution in [0, 0.1) is 6.92 Å². The van der Waals surface area contributed by atoms with Crippen molar-refractivity contribution in [2.75, 3.05) is 13.1 Å². The van der Waals surface area contributed by atoms with Gasteiger partial charge in [0.15, 0.2) is 0 Å². The Morgan fingerprint density at radius 1 is 1.41 bits per heavy atom. The van der Waals surface area contributed by atoms with E-state index in [1.807, 2.05) is 0 Å². The molecule has 1 heterocycles. The summed E-state index contributed by atoms with van der Waals surface area (Å²) in [6.07, 6.45) is 0. The summed E-state index contributed by atoms with van der Waals surface area (Å²) < 4.78 is 26.6. The monoisotopic (exact) mass is 319 g/mol. The van der Waals surface area contributed by atoms with E-state index >= 15 is 0 Å². The molecule has 1 N–H and O–H groups in total. The molecule has 0 aliphatic carbocycles. The fourth-order valence-electron chi connectivity index (χ4n) is 1.87. The maximum atomic E-state index is 12.3. The van der Waals surface area contributed by atoms with Crippen molar-refractivity contribution >= 4 is 26.0 Å². The third-order valence-corrected chi connectivity index (χ3v) is 5.23. The molecule has 1 aliphatic rings. The minimum Gasteiger partial charge on any atom is -0.387 e. The molecule has 1 fully saturated rings. The summed E-state index contributed by atoms with van der Waals surface area (Å²) in [7, 11) is -3.48. The number of sulfonamides is 1. The molecule has 17 heavy (non-hydrogen) atoms. The minimum absolute atomic E-state index is 0.154. The van der Waals surface area contributed by atoms with Crippen LogP contribution in [0.15, 0.2) is 27.6 Å². The number of halogens is 1. The molecule has 6 heteroatoms. The number of aryl methyl sites for hydroxylation is 1. The summed E-state index contributed by atoms with van der Waals surface area (Å²) in [5.41, 5.74) is -0.188. The van der Waals surface area contributed by atoms with Crippen LogP contribution in [0.4, 0.5) is 0 Å². The van der Waals surface area contributed by atoms with Crippen LogP contribution in [0.1, 0.15) is 12.5 Å². The molecule has 4 nitrogen and oxygen atoms in total. The van der Waals surface area contributed by atoms with Crippen molar-refractivity contribution in [3.63, 3.8) is 0 Å². The van der Waals surface area contributed by atoms with Gasteiger partial charge in [-0.2, -0.15) is 4.31 Å². The van der Waals surface area contributed by atoms with Gasteiger partial charge in [-0.1, -0.05) is 22.0 Å². The lowest BCUT2D eigenvalue weighted by atomic mass is 10.0. The smallest absolute Gasteiger partial charge is 0.243 e. The molecule has 2 rings (SSSR count). The lowest BCUT2D eigenvalue weighted by molar-refractivity contribution is -0.0426. The first-order chi connectivity index (χ1) is 7.72. The summed E-state index contributed by atoms with van der Waals surface area (Å²) in [4.78, 5) is 0.294. The van der Waals surface area contributed by atoms with E-state index in [9.17, 15) is 13.5 Å². The Hall–Kier alpha value is -0.430. The predicted molar refractivity (Wildman–Crippen MR) is 68.3 cm³/mol. The Morgan fingerprint density at radius 2 is 2.00 bits per heavy atom. The van der Waals surface area contributed by atoms with E-state index in [0.29, 0.717) is 10.5 Å². The van der Waals surface area contributed by atoms with Crippen LogP contribution < -0.4 is 0 Å². The van der Waals surface area contributed by atoms with E-state index in [0.717, 1.165) is 4.47 Å². The van der Waals surface area contributed by atoms with Crippen molar-refractivity contribution in [1.29, 1.82) is 0 Å². The Kier molecular flexibility index (Phi) is 3.10. The van der Waals surface area contributed by atoms with Gasteiger partial charge in [0.05, 0.1) is 10.5 Å². The molecule has 0 atom stereocenters. The molecule has 0 unspecified atom stereocenters.